The Kier molecular flexibility index (Phi) is 10.1. The maximum absolute atomic E-state index is 7.53. The van der Waals surface area contributed by atoms with E-state index in [1.807, 2.05) is 0 Å². The highest BCUT2D eigenvalue weighted by Gasteiger charge is 2.47. The fraction of sp³-hybridized carbons (Fsp3) is 0.500. The van der Waals surface area contributed by atoms with Crippen LogP contribution in [0.15, 0.2) is 0 Å². The Labute approximate surface area is 263 Å². The first-order chi connectivity index (χ1) is 21.8. The Morgan fingerprint density at radius 1 is 0.348 bits per heavy atom. The zero-order valence-electron chi connectivity index (χ0n) is 25.2. The van der Waals surface area contributed by atoms with Gasteiger partial charge in [0.15, 0.2) is 0 Å². The van der Waals surface area contributed by atoms with Crippen molar-refractivity contribution in [2.45, 2.75) is 63.3 Å². The Morgan fingerprint density at radius 2 is 0.587 bits per heavy atom. The van der Waals surface area contributed by atoms with Crippen molar-refractivity contribution >= 4 is 47.6 Å². The van der Waals surface area contributed by atoms with Gasteiger partial charge in [-0.25, -0.2) is 0 Å². The third-order valence-electron chi connectivity index (χ3n) is 7.79. The Bertz CT molecular complexity index is 1450. The monoisotopic (exact) mass is 636 g/mol. The van der Waals surface area contributed by atoms with Gasteiger partial charge in [-0.15, -0.1) is 0 Å². The fourth-order valence-electron chi connectivity index (χ4n) is 5.70. The van der Waals surface area contributed by atoms with E-state index in [4.69, 9.17) is 57.3 Å². The van der Waals surface area contributed by atoms with Gasteiger partial charge >= 0.3 is 0 Å². The first-order valence-electron chi connectivity index (χ1n) is 14.3. The summed E-state index contributed by atoms with van der Waals surface area (Å²) in [4.78, 5) is 49.6. The summed E-state index contributed by atoms with van der Waals surface area (Å²) in [5.41, 5.74) is 58.9. The summed E-state index contributed by atoms with van der Waals surface area (Å²) < 4.78 is 0. The minimum absolute atomic E-state index is 0.00269. The molecule has 0 aliphatic carbocycles. The summed E-state index contributed by atoms with van der Waals surface area (Å²) in [6, 6.07) is 0. The molecule has 0 saturated heterocycles. The molecule has 0 fully saturated rings. The topological polar surface area (TPSA) is 415 Å². The van der Waals surface area contributed by atoms with Crippen molar-refractivity contribution in [3.05, 3.63) is 23.3 Å². The molecular formula is C24H40N22. The van der Waals surface area contributed by atoms with Crippen LogP contribution in [0, 0.1) is 5.41 Å². The van der Waals surface area contributed by atoms with E-state index in [1.54, 1.807) is 0 Å². The molecule has 4 heterocycles. The van der Waals surface area contributed by atoms with E-state index in [0.717, 1.165) is 0 Å². The lowest BCUT2D eigenvalue weighted by Crippen LogP contribution is -2.57. The maximum atomic E-state index is 7.53. The van der Waals surface area contributed by atoms with Crippen molar-refractivity contribution < 1.29 is 0 Å². The van der Waals surface area contributed by atoms with Crippen LogP contribution in [0.5, 0.6) is 0 Å². The first-order valence-corrected chi connectivity index (χ1v) is 14.3. The van der Waals surface area contributed by atoms with Gasteiger partial charge in [0.2, 0.25) is 47.6 Å². The second-order valence-corrected chi connectivity index (χ2v) is 10.8. The second kappa shape index (κ2) is 14.0. The maximum Gasteiger partial charge on any atom is 0.225 e. The van der Waals surface area contributed by atoms with Crippen LogP contribution in [0.1, 0.15) is 55.4 Å². The van der Waals surface area contributed by atoms with E-state index in [-0.39, 0.29) is 54.1 Å². The quantitative estimate of drug-likeness (QED) is 0.0619. The number of rotatable bonds is 15. The van der Waals surface area contributed by atoms with Crippen molar-refractivity contribution in [2.24, 2.45) is 16.9 Å². The van der Waals surface area contributed by atoms with E-state index in [1.165, 1.54) is 0 Å². The number of anilines is 8. The minimum atomic E-state index is -1.02. The lowest BCUT2D eigenvalue weighted by molar-refractivity contribution is 0.0659. The molecule has 0 spiro atoms. The minimum Gasteiger partial charge on any atom is -0.368 e. The number of aromatic nitrogens is 12. The summed E-state index contributed by atoms with van der Waals surface area (Å²) in [5.74, 6) is 1.46. The van der Waals surface area contributed by atoms with Gasteiger partial charge in [-0.05, 0) is 44.1 Å². The summed E-state index contributed by atoms with van der Waals surface area (Å²) in [6.45, 7) is 0.277. The van der Waals surface area contributed by atoms with Crippen molar-refractivity contribution in [3.63, 3.8) is 0 Å². The normalized spacial score (nSPS) is 12.0. The zero-order valence-corrected chi connectivity index (χ0v) is 25.2. The molecule has 4 rings (SSSR count). The van der Waals surface area contributed by atoms with E-state index in [0.29, 0.717) is 81.1 Å². The van der Waals surface area contributed by atoms with E-state index < -0.39 is 11.0 Å². The molecule has 0 atom stereocenters. The van der Waals surface area contributed by atoms with Gasteiger partial charge in [0.25, 0.3) is 0 Å². The highest BCUT2D eigenvalue weighted by atomic mass is 15.2. The molecule has 20 N–H and O–H groups in total. The predicted octanol–water partition coefficient (Wildman–Crippen LogP) is -3.05. The van der Waals surface area contributed by atoms with Crippen LogP contribution in [0.4, 0.5) is 47.6 Å². The molecule has 0 aliphatic heterocycles. The third-order valence-corrected chi connectivity index (χ3v) is 7.79. The van der Waals surface area contributed by atoms with Crippen molar-refractivity contribution in [3.8, 4) is 0 Å². The number of hydrogen-bond donors (Lipinski definition) is 10. The molecule has 0 bridgehead atoms. The average molecular weight is 637 g/mol. The number of hydrogen-bond acceptors (Lipinski definition) is 22. The van der Waals surface area contributed by atoms with Crippen molar-refractivity contribution in [1.82, 2.24) is 59.8 Å². The van der Waals surface area contributed by atoms with Crippen LogP contribution < -0.4 is 57.3 Å². The van der Waals surface area contributed by atoms with Crippen LogP contribution in [0.25, 0.3) is 0 Å². The molecule has 0 aromatic carbocycles. The zero-order chi connectivity index (χ0) is 33.5. The van der Waals surface area contributed by atoms with Crippen LogP contribution in [0.2, 0.25) is 0 Å². The molecule has 46 heavy (non-hydrogen) atoms. The number of nitrogens with two attached hydrogens (primary N) is 10. The van der Waals surface area contributed by atoms with E-state index >= 15 is 0 Å². The standard InChI is InChI=1S/C24H40N22/c25-10-9-23(5-1-11-35-15(26)43-16(27)36-11,6-2-12-37-17(28)44-18(29)38-12)24(34,7-3-13-39-19(30)45-20(31)40-13)8-4-14-41-21(32)46-22(33)42-14/h1-10,25,34H2,(H4,26,27,35,36,43)(H4,28,29,37,38,44)(H4,30,31,39,40,45)(H4,32,33,41,42,46). The van der Waals surface area contributed by atoms with Crippen molar-refractivity contribution in [2.75, 3.05) is 52.4 Å². The predicted molar refractivity (Wildman–Crippen MR) is 171 cm³/mol. The number of nitrogen functional groups attached to an aromatic ring is 8. The van der Waals surface area contributed by atoms with Gasteiger partial charge in [0, 0.05) is 31.2 Å². The average Bonchev–Trinajstić information content (AvgIpc) is 2.94. The van der Waals surface area contributed by atoms with Crippen LogP contribution in [-0.2, 0) is 25.7 Å². The molecule has 0 unspecified atom stereocenters. The molecule has 0 amide bonds. The largest absolute Gasteiger partial charge is 0.368 e. The van der Waals surface area contributed by atoms with Gasteiger partial charge in [-0.1, -0.05) is 0 Å². The first kappa shape index (κ1) is 33.3. The molecular weight excluding hydrogens is 596 g/mol. The SMILES string of the molecule is NCCC(CCc1nc(N)nc(N)n1)(CCc1nc(N)nc(N)n1)C(N)(CCc1nc(N)nc(N)n1)CCc1nc(N)nc(N)n1. The lowest BCUT2D eigenvalue weighted by Gasteiger charge is -2.50. The molecule has 246 valence electrons. The lowest BCUT2D eigenvalue weighted by atomic mass is 9.59. The summed E-state index contributed by atoms with van der Waals surface area (Å²) >= 11 is 0. The molecule has 0 aliphatic rings. The number of aryl methyl sites for hydroxylation is 4. The fourth-order valence-corrected chi connectivity index (χ4v) is 5.70. The number of nitrogens with zero attached hydrogens (tertiary/aromatic N) is 12. The van der Waals surface area contributed by atoms with E-state index in [2.05, 4.69) is 59.8 Å². The van der Waals surface area contributed by atoms with E-state index in [9.17, 15) is 0 Å². The Balaban J connectivity index is 1.78. The summed E-state index contributed by atoms with van der Waals surface area (Å²) in [6.07, 6.45) is 3.24. The van der Waals surface area contributed by atoms with Gasteiger partial charge in [0.1, 0.15) is 23.3 Å². The van der Waals surface area contributed by atoms with Gasteiger partial charge < -0.3 is 57.3 Å². The highest BCUT2D eigenvalue weighted by Crippen LogP contribution is 2.46. The second-order valence-electron chi connectivity index (χ2n) is 10.8. The van der Waals surface area contributed by atoms with Crippen LogP contribution in [0.3, 0.4) is 0 Å². The Hall–Kier alpha value is -5.64. The molecule has 4 aromatic rings. The molecule has 22 nitrogen and oxygen atoms in total. The summed E-state index contributed by atoms with van der Waals surface area (Å²) in [5, 5.41) is 0. The van der Waals surface area contributed by atoms with Crippen LogP contribution >= 0.6 is 0 Å². The molecule has 0 radical (unpaired) electrons. The van der Waals surface area contributed by atoms with Gasteiger partial charge in [0.05, 0.1) is 0 Å². The summed E-state index contributed by atoms with van der Waals surface area (Å²) in [7, 11) is 0. The molecule has 22 heteroatoms. The van der Waals surface area contributed by atoms with Gasteiger partial charge in [-0.3, -0.25) is 0 Å². The Morgan fingerprint density at radius 3 is 0.826 bits per heavy atom. The molecule has 0 saturated carbocycles. The molecule has 4 aromatic heterocycles. The van der Waals surface area contributed by atoms with Crippen molar-refractivity contribution in [1.29, 1.82) is 0 Å². The van der Waals surface area contributed by atoms with Gasteiger partial charge in [-0.2, -0.15) is 59.8 Å². The third kappa shape index (κ3) is 8.50. The smallest absolute Gasteiger partial charge is 0.225 e. The highest BCUT2D eigenvalue weighted by molar-refractivity contribution is 5.29. The van der Waals surface area contributed by atoms with Crippen LogP contribution in [-0.4, -0.2) is 71.9 Å².